The zero-order valence-electron chi connectivity index (χ0n) is 13.7. The standard InChI is InChI=1S/C17H25N3O2S/c1-2-8-20-9-7-12-13(10-20)23-17(14(12)15(18)21)19-16(22)11-5-3-4-6-11/h11H,2-10H2,1H3,(H2,18,21)(H,19,22). The summed E-state index contributed by atoms with van der Waals surface area (Å²) in [6, 6.07) is 0. The first-order valence-electron chi connectivity index (χ1n) is 8.57. The van der Waals surface area contributed by atoms with E-state index in [1.54, 1.807) is 0 Å². The van der Waals surface area contributed by atoms with Gasteiger partial charge in [0.25, 0.3) is 5.91 Å². The Morgan fingerprint density at radius 1 is 1.35 bits per heavy atom. The number of anilines is 1. The number of nitrogens with two attached hydrogens (primary N) is 1. The molecule has 1 aliphatic heterocycles. The smallest absolute Gasteiger partial charge is 0.251 e. The van der Waals surface area contributed by atoms with Gasteiger partial charge in [0, 0.05) is 23.9 Å². The first kappa shape index (κ1) is 16.5. The molecule has 1 fully saturated rings. The quantitative estimate of drug-likeness (QED) is 0.869. The molecule has 5 nitrogen and oxygen atoms in total. The number of nitrogens with zero attached hydrogens (tertiary/aromatic N) is 1. The monoisotopic (exact) mass is 335 g/mol. The van der Waals surface area contributed by atoms with E-state index in [2.05, 4.69) is 17.1 Å². The van der Waals surface area contributed by atoms with Crippen LogP contribution in [0.1, 0.15) is 59.8 Å². The molecule has 0 bridgehead atoms. The SMILES string of the molecule is CCCN1CCc2c(sc(NC(=O)C3CCCC3)c2C(N)=O)C1. The molecule has 126 valence electrons. The lowest BCUT2D eigenvalue weighted by Crippen LogP contribution is -2.31. The molecule has 0 unspecified atom stereocenters. The van der Waals surface area contributed by atoms with E-state index in [1.165, 1.54) is 16.2 Å². The molecule has 3 rings (SSSR count). The highest BCUT2D eigenvalue weighted by molar-refractivity contribution is 7.17. The van der Waals surface area contributed by atoms with E-state index in [0.29, 0.717) is 10.6 Å². The Morgan fingerprint density at radius 2 is 2.09 bits per heavy atom. The maximum Gasteiger partial charge on any atom is 0.251 e. The number of hydrogen-bond donors (Lipinski definition) is 2. The molecule has 1 aromatic rings. The Morgan fingerprint density at radius 3 is 2.74 bits per heavy atom. The topological polar surface area (TPSA) is 75.4 Å². The fourth-order valence-electron chi connectivity index (χ4n) is 3.71. The van der Waals surface area contributed by atoms with Crippen molar-refractivity contribution in [1.29, 1.82) is 0 Å². The second kappa shape index (κ2) is 7.01. The van der Waals surface area contributed by atoms with Gasteiger partial charge in [-0.05, 0) is 37.8 Å². The molecule has 2 amide bonds. The van der Waals surface area contributed by atoms with Crippen molar-refractivity contribution in [2.45, 2.75) is 52.0 Å². The fraction of sp³-hybridized carbons (Fsp3) is 0.647. The Hall–Kier alpha value is -1.40. The third kappa shape index (κ3) is 3.43. The molecule has 2 aliphatic rings. The van der Waals surface area contributed by atoms with Crippen molar-refractivity contribution in [3.63, 3.8) is 0 Å². The van der Waals surface area contributed by atoms with E-state index in [4.69, 9.17) is 5.73 Å². The molecular formula is C17H25N3O2S. The molecule has 6 heteroatoms. The molecule has 3 N–H and O–H groups in total. The summed E-state index contributed by atoms with van der Waals surface area (Å²) in [6.45, 7) is 5.04. The molecule has 2 heterocycles. The second-order valence-corrected chi connectivity index (χ2v) is 7.67. The molecule has 1 saturated carbocycles. The second-order valence-electron chi connectivity index (χ2n) is 6.57. The fourth-order valence-corrected chi connectivity index (χ4v) is 5.01. The number of carbonyl (C=O) groups is 2. The van der Waals surface area contributed by atoms with Crippen LogP contribution in [0.2, 0.25) is 0 Å². The van der Waals surface area contributed by atoms with Crippen molar-refractivity contribution in [1.82, 2.24) is 4.90 Å². The molecule has 0 saturated heterocycles. The van der Waals surface area contributed by atoms with Crippen LogP contribution >= 0.6 is 11.3 Å². The van der Waals surface area contributed by atoms with Gasteiger partial charge in [0.2, 0.25) is 5.91 Å². The lowest BCUT2D eigenvalue weighted by atomic mass is 10.0. The van der Waals surface area contributed by atoms with Gasteiger partial charge in [-0.15, -0.1) is 11.3 Å². The van der Waals surface area contributed by atoms with Crippen LogP contribution in [0.15, 0.2) is 0 Å². The lowest BCUT2D eigenvalue weighted by Gasteiger charge is -2.26. The van der Waals surface area contributed by atoms with Crippen LogP contribution in [0, 0.1) is 5.92 Å². The normalized spacial score (nSPS) is 18.8. The van der Waals surface area contributed by atoms with Crippen LogP contribution in [0.25, 0.3) is 0 Å². The zero-order chi connectivity index (χ0) is 16.4. The highest BCUT2D eigenvalue weighted by Crippen LogP contribution is 2.37. The number of hydrogen-bond acceptors (Lipinski definition) is 4. The van der Waals surface area contributed by atoms with E-state index < -0.39 is 5.91 Å². The summed E-state index contributed by atoms with van der Waals surface area (Å²) in [5.41, 5.74) is 7.21. The molecule has 0 radical (unpaired) electrons. The maximum absolute atomic E-state index is 12.4. The van der Waals surface area contributed by atoms with Gasteiger partial charge in [-0.1, -0.05) is 19.8 Å². The first-order valence-corrected chi connectivity index (χ1v) is 9.39. The summed E-state index contributed by atoms with van der Waals surface area (Å²) in [5, 5.41) is 3.66. The van der Waals surface area contributed by atoms with Gasteiger partial charge < -0.3 is 11.1 Å². The highest BCUT2D eigenvalue weighted by atomic mass is 32.1. The predicted molar refractivity (Wildman–Crippen MR) is 92.7 cm³/mol. The summed E-state index contributed by atoms with van der Waals surface area (Å²) in [7, 11) is 0. The van der Waals surface area contributed by atoms with Crippen molar-refractivity contribution < 1.29 is 9.59 Å². The summed E-state index contributed by atoms with van der Waals surface area (Å²) in [4.78, 5) is 27.9. The molecule has 1 aliphatic carbocycles. The Bertz CT molecular complexity index is 605. The van der Waals surface area contributed by atoms with Crippen molar-refractivity contribution in [2.24, 2.45) is 11.7 Å². The summed E-state index contributed by atoms with van der Waals surface area (Å²) < 4.78 is 0. The van der Waals surface area contributed by atoms with Gasteiger partial charge in [0.05, 0.1) is 5.56 Å². The first-order chi connectivity index (χ1) is 11.1. The number of thiophene rings is 1. The van der Waals surface area contributed by atoms with Gasteiger partial charge in [-0.3, -0.25) is 14.5 Å². The van der Waals surface area contributed by atoms with E-state index in [9.17, 15) is 9.59 Å². The van der Waals surface area contributed by atoms with Crippen LogP contribution in [0.4, 0.5) is 5.00 Å². The van der Waals surface area contributed by atoms with Crippen molar-refractivity contribution in [3.05, 3.63) is 16.0 Å². The lowest BCUT2D eigenvalue weighted by molar-refractivity contribution is -0.119. The van der Waals surface area contributed by atoms with Crippen LogP contribution in [-0.4, -0.2) is 29.8 Å². The number of nitrogens with one attached hydrogen (secondary N) is 1. The molecule has 0 atom stereocenters. The number of amides is 2. The van der Waals surface area contributed by atoms with Gasteiger partial charge in [-0.25, -0.2) is 0 Å². The van der Waals surface area contributed by atoms with Crippen LogP contribution in [0.3, 0.4) is 0 Å². The average molecular weight is 335 g/mol. The number of primary amides is 1. The maximum atomic E-state index is 12.4. The van der Waals surface area contributed by atoms with Crippen LogP contribution in [-0.2, 0) is 17.8 Å². The van der Waals surface area contributed by atoms with Gasteiger partial charge >= 0.3 is 0 Å². The Balaban J connectivity index is 1.82. The molecule has 0 aromatic carbocycles. The Kier molecular flexibility index (Phi) is 5.02. The zero-order valence-corrected chi connectivity index (χ0v) is 14.5. The minimum Gasteiger partial charge on any atom is -0.365 e. The number of carbonyl (C=O) groups excluding carboxylic acids is 2. The van der Waals surface area contributed by atoms with Crippen LogP contribution in [0.5, 0.6) is 0 Å². The minimum atomic E-state index is -0.423. The van der Waals surface area contributed by atoms with E-state index in [1.807, 2.05) is 0 Å². The third-order valence-electron chi connectivity index (χ3n) is 4.88. The third-order valence-corrected chi connectivity index (χ3v) is 6.02. The van der Waals surface area contributed by atoms with Gasteiger partial charge in [-0.2, -0.15) is 0 Å². The molecule has 0 spiro atoms. The highest BCUT2D eigenvalue weighted by Gasteiger charge is 2.29. The van der Waals surface area contributed by atoms with Gasteiger partial charge in [0.15, 0.2) is 0 Å². The van der Waals surface area contributed by atoms with Crippen molar-refractivity contribution in [2.75, 3.05) is 18.4 Å². The molecule has 23 heavy (non-hydrogen) atoms. The van der Waals surface area contributed by atoms with E-state index in [0.717, 1.165) is 63.7 Å². The minimum absolute atomic E-state index is 0.0500. The Labute approximate surface area is 141 Å². The van der Waals surface area contributed by atoms with E-state index >= 15 is 0 Å². The van der Waals surface area contributed by atoms with Gasteiger partial charge in [0.1, 0.15) is 5.00 Å². The number of rotatable bonds is 5. The molecule has 1 aromatic heterocycles. The van der Waals surface area contributed by atoms with Crippen molar-refractivity contribution in [3.8, 4) is 0 Å². The average Bonchev–Trinajstić information content (AvgIpc) is 3.14. The predicted octanol–water partition coefficient (Wildman–Crippen LogP) is 2.74. The summed E-state index contributed by atoms with van der Waals surface area (Å²) >= 11 is 1.53. The summed E-state index contributed by atoms with van der Waals surface area (Å²) in [6.07, 6.45) is 6.10. The van der Waals surface area contributed by atoms with Crippen LogP contribution < -0.4 is 11.1 Å². The van der Waals surface area contributed by atoms with Crippen molar-refractivity contribution >= 4 is 28.2 Å². The summed E-state index contributed by atoms with van der Waals surface area (Å²) in [5.74, 6) is -0.284. The largest absolute Gasteiger partial charge is 0.365 e. The molecular weight excluding hydrogens is 310 g/mol. The van der Waals surface area contributed by atoms with E-state index in [-0.39, 0.29) is 11.8 Å². The number of fused-ring (bicyclic) bond motifs is 1.